The molecule has 20 heavy (non-hydrogen) atoms. The highest BCUT2D eigenvalue weighted by molar-refractivity contribution is 7.20. The molecular weight excluding hydrogens is 278 g/mol. The first-order valence-electron chi connectivity index (χ1n) is 6.10. The Labute approximate surface area is 120 Å². The van der Waals surface area contributed by atoms with Gasteiger partial charge in [0.25, 0.3) is 5.91 Å². The van der Waals surface area contributed by atoms with Gasteiger partial charge in [-0.2, -0.15) is 5.10 Å². The maximum absolute atomic E-state index is 12.2. The molecule has 0 aliphatic carbocycles. The summed E-state index contributed by atoms with van der Waals surface area (Å²) in [6.07, 6.45) is 0. The quantitative estimate of drug-likeness (QED) is 0.873. The van der Waals surface area contributed by atoms with Crippen molar-refractivity contribution in [1.29, 1.82) is 0 Å². The maximum atomic E-state index is 12.2. The van der Waals surface area contributed by atoms with Gasteiger partial charge in [0.1, 0.15) is 10.4 Å². The molecule has 1 amide bonds. The minimum atomic E-state index is -1.06. The highest BCUT2D eigenvalue weighted by Gasteiger charge is 2.31. The number of rotatable bonds is 3. The lowest BCUT2D eigenvalue weighted by Crippen LogP contribution is -2.50. The first-order chi connectivity index (χ1) is 9.26. The number of nitrogens with one attached hydrogen (secondary N) is 1. The van der Waals surface area contributed by atoms with E-state index in [1.165, 1.54) is 18.4 Å². The zero-order valence-electron chi connectivity index (χ0n) is 12.1. The molecule has 0 aliphatic heterocycles. The van der Waals surface area contributed by atoms with Gasteiger partial charge in [-0.3, -0.25) is 9.48 Å². The molecule has 0 radical (unpaired) electrons. The third-order valence-corrected chi connectivity index (χ3v) is 4.24. The first-order valence-corrected chi connectivity index (χ1v) is 6.92. The van der Waals surface area contributed by atoms with Crippen molar-refractivity contribution < 1.29 is 14.3 Å². The Morgan fingerprint density at radius 3 is 2.65 bits per heavy atom. The lowest BCUT2D eigenvalue weighted by atomic mass is 10.1. The molecule has 2 heterocycles. The van der Waals surface area contributed by atoms with Crippen molar-refractivity contribution in [3.8, 4) is 0 Å². The van der Waals surface area contributed by atoms with E-state index < -0.39 is 11.5 Å². The van der Waals surface area contributed by atoms with Crippen molar-refractivity contribution in [2.75, 3.05) is 7.11 Å². The van der Waals surface area contributed by atoms with E-state index in [9.17, 15) is 9.59 Å². The summed E-state index contributed by atoms with van der Waals surface area (Å²) in [5, 5.41) is 7.93. The number of aryl methyl sites for hydroxylation is 2. The van der Waals surface area contributed by atoms with Crippen molar-refractivity contribution in [2.24, 2.45) is 7.05 Å². The summed E-state index contributed by atoms with van der Waals surface area (Å²) in [6.45, 7) is 5.11. The second-order valence-electron chi connectivity index (χ2n) is 5.11. The SMILES string of the molecule is COC(=O)C(C)(C)NC(=O)c1cc2c(C)nn(C)c2s1. The number of thiophene rings is 1. The first kappa shape index (κ1) is 14.5. The zero-order chi connectivity index (χ0) is 15.1. The number of aromatic nitrogens is 2. The number of carbonyl (C=O) groups is 2. The summed E-state index contributed by atoms with van der Waals surface area (Å²) in [5.74, 6) is -0.772. The molecule has 0 bridgehead atoms. The number of methoxy groups -OCH3 is 1. The Morgan fingerprint density at radius 2 is 2.10 bits per heavy atom. The van der Waals surface area contributed by atoms with E-state index in [4.69, 9.17) is 0 Å². The summed E-state index contributed by atoms with van der Waals surface area (Å²) in [4.78, 5) is 25.3. The second-order valence-corrected chi connectivity index (χ2v) is 6.14. The van der Waals surface area contributed by atoms with Crippen LogP contribution in [0.3, 0.4) is 0 Å². The Bertz CT molecular complexity index is 650. The van der Waals surface area contributed by atoms with E-state index in [1.54, 1.807) is 24.6 Å². The van der Waals surface area contributed by atoms with Crippen LogP contribution in [-0.4, -0.2) is 34.3 Å². The van der Waals surface area contributed by atoms with E-state index in [0.29, 0.717) is 4.88 Å². The predicted octanol–water partition coefficient (Wildman–Crippen LogP) is 1.62. The lowest BCUT2D eigenvalue weighted by Gasteiger charge is -2.22. The van der Waals surface area contributed by atoms with E-state index in [0.717, 1.165) is 15.9 Å². The van der Waals surface area contributed by atoms with Crippen molar-refractivity contribution in [3.05, 3.63) is 16.6 Å². The Morgan fingerprint density at radius 1 is 1.45 bits per heavy atom. The lowest BCUT2D eigenvalue weighted by molar-refractivity contribution is -0.146. The van der Waals surface area contributed by atoms with Gasteiger partial charge >= 0.3 is 5.97 Å². The van der Waals surface area contributed by atoms with E-state index >= 15 is 0 Å². The highest BCUT2D eigenvalue weighted by Crippen LogP contribution is 2.27. The highest BCUT2D eigenvalue weighted by atomic mass is 32.1. The fourth-order valence-electron chi connectivity index (χ4n) is 1.97. The van der Waals surface area contributed by atoms with Crippen LogP contribution >= 0.6 is 11.3 Å². The summed E-state index contributed by atoms with van der Waals surface area (Å²) < 4.78 is 6.42. The monoisotopic (exact) mass is 295 g/mol. The number of ether oxygens (including phenoxy) is 1. The minimum Gasteiger partial charge on any atom is -0.467 e. The van der Waals surface area contributed by atoms with Gasteiger partial charge in [0.15, 0.2) is 0 Å². The van der Waals surface area contributed by atoms with Crippen LogP contribution in [0.5, 0.6) is 0 Å². The molecule has 0 aliphatic rings. The summed E-state index contributed by atoms with van der Waals surface area (Å²) in [5.41, 5.74) is -0.181. The van der Waals surface area contributed by atoms with Crippen LogP contribution in [0.25, 0.3) is 10.2 Å². The largest absolute Gasteiger partial charge is 0.467 e. The Balaban J connectivity index is 2.28. The molecule has 108 valence electrons. The van der Waals surface area contributed by atoms with Crippen LogP contribution in [0.4, 0.5) is 0 Å². The standard InChI is InChI=1S/C13H17N3O3S/c1-7-8-6-9(20-11(8)16(4)15-7)10(17)14-13(2,3)12(18)19-5/h6H,1-5H3,(H,14,17). The third kappa shape index (κ3) is 2.40. The van der Waals surface area contributed by atoms with E-state index in [-0.39, 0.29) is 5.91 Å². The molecule has 0 atom stereocenters. The van der Waals surface area contributed by atoms with Crippen molar-refractivity contribution >= 4 is 33.4 Å². The number of nitrogens with zero attached hydrogens (tertiary/aromatic N) is 2. The number of hydrogen-bond donors (Lipinski definition) is 1. The number of fused-ring (bicyclic) bond motifs is 1. The van der Waals surface area contributed by atoms with Gasteiger partial charge in [0, 0.05) is 12.4 Å². The summed E-state index contributed by atoms with van der Waals surface area (Å²) in [7, 11) is 3.14. The second kappa shape index (κ2) is 4.90. The molecule has 0 saturated carbocycles. The van der Waals surface area contributed by atoms with Gasteiger partial charge in [-0.1, -0.05) is 0 Å². The van der Waals surface area contributed by atoms with Crippen molar-refractivity contribution in [2.45, 2.75) is 26.3 Å². The van der Waals surface area contributed by atoms with Crippen molar-refractivity contribution in [1.82, 2.24) is 15.1 Å². The van der Waals surface area contributed by atoms with Gasteiger partial charge in [0.05, 0.1) is 17.7 Å². The van der Waals surface area contributed by atoms with Gasteiger partial charge in [0.2, 0.25) is 0 Å². The summed E-state index contributed by atoms with van der Waals surface area (Å²) >= 11 is 1.35. The van der Waals surface area contributed by atoms with Crippen LogP contribution in [0.2, 0.25) is 0 Å². The van der Waals surface area contributed by atoms with Crippen LogP contribution in [0.1, 0.15) is 29.2 Å². The smallest absolute Gasteiger partial charge is 0.330 e. The fourth-order valence-corrected chi connectivity index (χ4v) is 2.99. The van der Waals surface area contributed by atoms with Gasteiger partial charge < -0.3 is 10.1 Å². The molecule has 0 fully saturated rings. The van der Waals surface area contributed by atoms with Crippen LogP contribution in [0.15, 0.2) is 6.07 Å². The van der Waals surface area contributed by atoms with E-state index in [1.807, 2.05) is 14.0 Å². The normalized spacial score (nSPS) is 11.7. The van der Waals surface area contributed by atoms with E-state index in [2.05, 4.69) is 15.2 Å². The molecule has 2 aromatic rings. The van der Waals surface area contributed by atoms with Crippen molar-refractivity contribution in [3.63, 3.8) is 0 Å². The molecule has 0 unspecified atom stereocenters. The number of hydrogen-bond acceptors (Lipinski definition) is 5. The van der Waals surface area contributed by atoms with Gasteiger partial charge in [-0.15, -0.1) is 11.3 Å². The molecule has 0 spiro atoms. The molecule has 2 rings (SSSR count). The zero-order valence-corrected chi connectivity index (χ0v) is 12.9. The van der Waals surface area contributed by atoms with Gasteiger partial charge in [-0.05, 0) is 26.8 Å². The number of carbonyl (C=O) groups excluding carboxylic acids is 2. The number of esters is 1. The topological polar surface area (TPSA) is 73.2 Å². The average molecular weight is 295 g/mol. The molecule has 0 saturated heterocycles. The molecular formula is C13H17N3O3S. The van der Waals surface area contributed by atoms with Gasteiger partial charge in [-0.25, -0.2) is 4.79 Å². The number of amides is 1. The molecule has 1 N–H and O–H groups in total. The van der Waals surface area contributed by atoms with Crippen LogP contribution in [0, 0.1) is 6.92 Å². The molecule has 6 nitrogen and oxygen atoms in total. The fraction of sp³-hybridized carbons (Fsp3) is 0.462. The maximum Gasteiger partial charge on any atom is 0.330 e. The average Bonchev–Trinajstić information content (AvgIpc) is 2.91. The molecule has 7 heteroatoms. The third-order valence-electron chi connectivity index (χ3n) is 3.04. The van der Waals surface area contributed by atoms with Crippen LogP contribution < -0.4 is 5.32 Å². The van der Waals surface area contributed by atoms with Crippen LogP contribution in [-0.2, 0) is 16.6 Å². The summed E-state index contributed by atoms with van der Waals surface area (Å²) in [6, 6.07) is 1.80. The Kier molecular flexibility index (Phi) is 3.56. The predicted molar refractivity (Wildman–Crippen MR) is 76.9 cm³/mol. The minimum absolute atomic E-state index is 0.291. The Hall–Kier alpha value is -1.89. The molecule has 2 aromatic heterocycles. The molecule has 0 aromatic carbocycles.